The number of hydrogen-bond donors (Lipinski definition) is 1. The number of hydrazone groups is 1. The Balaban J connectivity index is 1.82. The second-order valence-corrected chi connectivity index (χ2v) is 7.10. The van der Waals surface area contributed by atoms with E-state index in [-0.39, 0.29) is 0 Å². The number of benzene rings is 1. The van der Waals surface area contributed by atoms with Crippen molar-refractivity contribution in [2.24, 2.45) is 15.1 Å². The number of anilines is 1. The minimum Gasteiger partial charge on any atom is -0.351 e. The molecule has 136 valence electrons. The Hall–Kier alpha value is -2.43. The number of allylic oxidation sites excluding steroid dienone is 1. The number of unbranched alkanes of at least 4 members (excludes halogenated alkanes) is 1. The van der Waals surface area contributed by atoms with Gasteiger partial charge in [0.05, 0.1) is 11.4 Å². The van der Waals surface area contributed by atoms with Gasteiger partial charge in [-0.1, -0.05) is 19.4 Å². The second kappa shape index (κ2) is 7.06. The van der Waals surface area contributed by atoms with Crippen molar-refractivity contribution in [1.29, 1.82) is 0 Å². The number of hydrogen-bond acceptors (Lipinski definition) is 6. The normalized spacial score (nSPS) is 18.8. The number of aryl methyl sites for hydroxylation is 2. The van der Waals surface area contributed by atoms with Crippen molar-refractivity contribution in [2.75, 3.05) is 31.2 Å². The number of rotatable bonds is 3. The fraction of sp³-hybridized carbons (Fsp3) is 0.500. The van der Waals surface area contributed by atoms with E-state index < -0.39 is 0 Å². The van der Waals surface area contributed by atoms with Crippen LogP contribution in [0.2, 0.25) is 0 Å². The fourth-order valence-electron chi connectivity index (χ4n) is 3.62. The second-order valence-electron chi connectivity index (χ2n) is 7.10. The van der Waals surface area contributed by atoms with Gasteiger partial charge in [0, 0.05) is 32.0 Å². The molecule has 3 heterocycles. The highest BCUT2D eigenvalue weighted by atomic mass is 15.5. The third-order valence-corrected chi connectivity index (χ3v) is 5.01. The van der Waals surface area contributed by atoms with Crippen molar-refractivity contribution < 1.29 is 0 Å². The SMILES string of the molecule is CCCCc1cc(C)c2c(c1)N1N=C=C(C)N=C1C(N1CCNCC1)=N2. The van der Waals surface area contributed by atoms with Crippen molar-refractivity contribution >= 4 is 28.9 Å². The Labute approximate surface area is 155 Å². The monoisotopic (exact) mass is 350 g/mol. The minimum atomic E-state index is 0.793. The zero-order chi connectivity index (χ0) is 18.1. The first-order valence-electron chi connectivity index (χ1n) is 9.54. The van der Waals surface area contributed by atoms with Crippen molar-refractivity contribution in [3.05, 3.63) is 29.0 Å². The Morgan fingerprint density at radius 1 is 1.12 bits per heavy atom. The van der Waals surface area contributed by atoms with Gasteiger partial charge >= 0.3 is 0 Å². The van der Waals surface area contributed by atoms with Crippen molar-refractivity contribution in [1.82, 2.24) is 10.2 Å². The lowest BCUT2D eigenvalue weighted by atomic mass is 10.0. The molecule has 0 atom stereocenters. The molecule has 6 nitrogen and oxygen atoms in total. The number of amidine groups is 2. The topological polar surface area (TPSA) is 55.6 Å². The van der Waals surface area contributed by atoms with Gasteiger partial charge in [-0.2, -0.15) is 0 Å². The Morgan fingerprint density at radius 3 is 2.69 bits per heavy atom. The summed E-state index contributed by atoms with van der Waals surface area (Å²) in [6.07, 6.45) is 3.46. The lowest BCUT2D eigenvalue weighted by molar-refractivity contribution is 0.360. The van der Waals surface area contributed by atoms with Crippen LogP contribution >= 0.6 is 0 Å². The van der Waals surface area contributed by atoms with E-state index in [2.05, 4.69) is 47.2 Å². The Morgan fingerprint density at radius 2 is 1.92 bits per heavy atom. The van der Waals surface area contributed by atoms with Crippen LogP contribution in [0.3, 0.4) is 0 Å². The molecule has 0 spiro atoms. The van der Waals surface area contributed by atoms with Crippen LogP contribution in [0.25, 0.3) is 0 Å². The summed E-state index contributed by atoms with van der Waals surface area (Å²) in [6, 6.07) is 4.49. The summed E-state index contributed by atoms with van der Waals surface area (Å²) in [7, 11) is 0. The van der Waals surface area contributed by atoms with E-state index >= 15 is 0 Å². The molecule has 0 aromatic heterocycles. The van der Waals surface area contributed by atoms with Crippen LogP contribution < -0.4 is 10.3 Å². The van der Waals surface area contributed by atoms with E-state index in [4.69, 9.17) is 9.98 Å². The summed E-state index contributed by atoms with van der Waals surface area (Å²) >= 11 is 0. The zero-order valence-corrected chi connectivity index (χ0v) is 15.8. The first-order chi connectivity index (χ1) is 12.7. The number of aliphatic imine (C=N–C) groups is 2. The Kier molecular flexibility index (Phi) is 4.62. The molecule has 3 aliphatic rings. The molecule has 0 bridgehead atoms. The van der Waals surface area contributed by atoms with Gasteiger partial charge in [0.15, 0.2) is 11.7 Å². The summed E-state index contributed by atoms with van der Waals surface area (Å²) in [5.41, 5.74) is 5.35. The molecule has 4 rings (SSSR count). The number of nitrogens with zero attached hydrogens (tertiary/aromatic N) is 5. The Bertz CT molecular complexity index is 838. The van der Waals surface area contributed by atoms with E-state index in [9.17, 15) is 0 Å². The van der Waals surface area contributed by atoms with E-state index in [1.165, 1.54) is 24.0 Å². The molecule has 3 aliphatic heterocycles. The third kappa shape index (κ3) is 3.06. The summed E-state index contributed by atoms with van der Waals surface area (Å²) in [4.78, 5) is 12.1. The van der Waals surface area contributed by atoms with Crippen molar-refractivity contribution in [3.63, 3.8) is 0 Å². The molecule has 1 saturated heterocycles. The van der Waals surface area contributed by atoms with Crippen molar-refractivity contribution in [2.45, 2.75) is 40.0 Å². The first kappa shape index (κ1) is 17.0. The van der Waals surface area contributed by atoms with E-state index in [0.717, 1.165) is 61.3 Å². The van der Waals surface area contributed by atoms with Crippen LogP contribution in [0.1, 0.15) is 37.8 Å². The van der Waals surface area contributed by atoms with Gasteiger partial charge in [-0.25, -0.2) is 15.0 Å². The summed E-state index contributed by atoms with van der Waals surface area (Å²) in [5.74, 6) is 4.77. The molecule has 0 unspecified atom stereocenters. The maximum atomic E-state index is 5.05. The summed E-state index contributed by atoms with van der Waals surface area (Å²) < 4.78 is 0. The molecule has 1 N–H and O–H groups in total. The number of nitrogens with one attached hydrogen (secondary N) is 1. The summed E-state index contributed by atoms with van der Waals surface area (Å²) in [6.45, 7) is 10.1. The molecular weight excluding hydrogens is 324 g/mol. The smallest absolute Gasteiger partial charge is 0.198 e. The molecule has 6 heteroatoms. The van der Waals surface area contributed by atoms with Crippen LogP contribution in [0.4, 0.5) is 11.4 Å². The average Bonchev–Trinajstić information content (AvgIpc) is 2.66. The highest BCUT2D eigenvalue weighted by Crippen LogP contribution is 2.39. The lowest BCUT2D eigenvalue weighted by Gasteiger charge is -2.36. The molecule has 1 fully saturated rings. The van der Waals surface area contributed by atoms with E-state index in [1.807, 2.05) is 11.9 Å². The largest absolute Gasteiger partial charge is 0.351 e. The number of fused-ring (bicyclic) bond motifs is 3. The van der Waals surface area contributed by atoms with Crippen LogP contribution in [0, 0.1) is 6.92 Å². The zero-order valence-electron chi connectivity index (χ0n) is 15.8. The third-order valence-electron chi connectivity index (χ3n) is 5.01. The highest BCUT2D eigenvalue weighted by molar-refractivity contribution is 6.47. The van der Waals surface area contributed by atoms with Gasteiger partial charge in [0.1, 0.15) is 5.70 Å². The molecule has 1 aromatic rings. The maximum absolute atomic E-state index is 5.05. The predicted octanol–water partition coefficient (Wildman–Crippen LogP) is 2.99. The highest BCUT2D eigenvalue weighted by Gasteiger charge is 2.33. The molecule has 0 amide bonds. The number of piperazine rings is 1. The lowest BCUT2D eigenvalue weighted by Crippen LogP contribution is -2.52. The van der Waals surface area contributed by atoms with E-state index in [1.54, 1.807) is 0 Å². The van der Waals surface area contributed by atoms with Gasteiger partial charge in [0.25, 0.3) is 0 Å². The van der Waals surface area contributed by atoms with Gasteiger partial charge in [0.2, 0.25) is 0 Å². The van der Waals surface area contributed by atoms with Crippen LogP contribution in [0.15, 0.2) is 32.9 Å². The van der Waals surface area contributed by atoms with Gasteiger partial charge in [-0.15, -0.1) is 5.10 Å². The van der Waals surface area contributed by atoms with Gasteiger partial charge in [-0.05, 0) is 43.9 Å². The van der Waals surface area contributed by atoms with Crippen molar-refractivity contribution in [3.8, 4) is 0 Å². The van der Waals surface area contributed by atoms with Gasteiger partial charge < -0.3 is 10.2 Å². The fourth-order valence-corrected chi connectivity index (χ4v) is 3.62. The predicted molar refractivity (Wildman–Crippen MR) is 108 cm³/mol. The molecule has 0 aliphatic carbocycles. The van der Waals surface area contributed by atoms with Crippen LogP contribution in [-0.2, 0) is 6.42 Å². The van der Waals surface area contributed by atoms with Crippen LogP contribution in [0.5, 0.6) is 0 Å². The molecular formula is C20H26N6. The molecule has 0 radical (unpaired) electrons. The quantitative estimate of drug-likeness (QED) is 0.912. The molecule has 1 aromatic carbocycles. The van der Waals surface area contributed by atoms with E-state index in [0.29, 0.717) is 0 Å². The standard InChI is InChI=1S/C20H26N6/c1-4-5-6-16-11-14(2)18-17(12-16)26-20(23-15(3)13-22-26)19(24-18)25-9-7-21-8-10-25/h11-12,21H,4-10H2,1-3H3. The summed E-state index contributed by atoms with van der Waals surface area (Å²) in [5, 5.41) is 9.90. The molecule has 0 saturated carbocycles. The average molecular weight is 350 g/mol. The van der Waals surface area contributed by atoms with Crippen LogP contribution in [-0.4, -0.2) is 48.6 Å². The maximum Gasteiger partial charge on any atom is 0.198 e. The molecule has 26 heavy (non-hydrogen) atoms. The minimum absolute atomic E-state index is 0.793. The van der Waals surface area contributed by atoms with Gasteiger partial charge in [-0.3, -0.25) is 0 Å². The first-order valence-corrected chi connectivity index (χ1v) is 9.54.